The van der Waals surface area contributed by atoms with Crippen molar-refractivity contribution in [2.75, 3.05) is 13.1 Å². The van der Waals surface area contributed by atoms with Crippen molar-refractivity contribution in [3.8, 4) is 0 Å². The van der Waals surface area contributed by atoms with Crippen molar-refractivity contribution < 1.29 is 17.7 Å². The first kappa shape index (κ1) is 20.0. The Labute approximate surface area is 170 Å². The summed E-state index contributed by atoms with van der Waals surface area (Å²) in [6.45, 7) is 2.41. The number of hydrogen-bond donors (Lipinski definition) is 1. The van der Waals surface area contributed by atoms with Crippen molar-refractivity contribution in [1.82, 2.24) is 19.8 Å². The third kappa shape index (κ3) is 3.93. The van der Waals surface area contributed by atoms with Crippen LogP contribution in [-0.2, 0) is 20.4 Å². The summed E-state index contributed by atoms with van der Waals surface area (Å²) >= 11 is 0. The molecule has 2 aromatic rings. The summed E-state index contributed by atoms with van der Waals surface area (Å²) in [5.41, 5.74) is -0.567. The summed E-state index contributed by atoms with van der Waals surface area (Å²) in [5.74, 6) is 0.763. The summed E-state index contributed by atoms with van der Waals surface area (Å²) in [6, 6.07) is 8.43. The number of piperidine rings is 1. The first-order valence-electron chi connectivity index (χ1n) is 10.1. The molecule has 29 heavy (non-hydrogen) atoms. The molecular weight excluding hydrogens is 392 g/mol. The fourth-order valence-corrected chi connectivity index (χ4v) is 5.81. The molecule has 0 unspecified atom stereocenters. The molecule has 4 rings (SSSR count). The molecule has 2 heterocycles. The van der Waals surface area contributed by atoms with E-state index in [9.17, 15) is 13.2 Å². The van der Waals surface area contributed by atoms with Gasteiger partial charge in [0.25, 0.3) is 0 Å². The van der Waals surface area contributed by atoms with Gasteiger partial charge in [0.1, 0.15) is 5.54 Å². The number of carbonyl (C=O) groups is 1. The van der Waals surface area contributed by atoms with E-state index in [0.717, 1.165) is 25.7 Å². The van der Waals surface area contributed by atoms with Gasteiger partial charge in [-0.2, -0.15) is 9.29 Å². The van der Waals surface area contributed by atoms with E-state index < -0.39 is 15.6 Å². The molecule has 0 spiro atoms. The van der Waals surface area contributed by atoms with Gasteiger partial charge in [0, 0.05) is 25.9 Å². The molecular formula is C20H26N4O4S. The number of nitrogens with zero attached hydrogens (tertiary/aromatic N) is 3. The van der Waals surface area contributed by atoms with Crippen LogP contribution in [-0.4, -0.2) is 41.9 Å². The van der Waals surface area contributed by atoms with Crippen LogP contribution in [0.1, 0.15) is 50.2 Å². The van der Waals surface area contributed by atoms with Crippen LogP contribution in [0.5, 0.6) is 0 Å². The Kier molecular flexibility index (Phi) is 5.44. The summed E-state index contributed by atoms with van der Waals surface area (Å²) in [4.78, 5) is 17.7. The molecule has 0 atom stereocenters. The van der Waals surface area contributed by atoms with Crippen LogP contribution < -0.4 is 5.32 Å². The summed E-state index contributed by atoms with van der Waals surface area (Å²) in [6.07, 6.45) is 4.58. The average molecular weight is 419 g/mol. The maximum absolute atomic E-state index is 13.0. The highest BCUT2D eigenvalue weighted by Gasteiger charge is 2.43. The van der Waals surface area contributed by atoms with Gasteiger partial charge in [0.05, 0.1) is 4.90 Å². The average Bonchev–Trinajstić information content (AvgIpc) is 3.39. The van der Waals surface area contributed by atoms with Crippen molar-refractivity contribution >= 4 is 15.9 Å². The lowest BCUT2D eigenvalue weighted by Crippen LogP contribution is -2.49. The van der Waals surface area contributed by atoms with Gasteiger partial charge in [0.2, 0.25) is 21.8 Å². The van der Waals surface area contributed by atoms with Crippen molar-refractivity contribution in [3.63, 3.8) is 0 Å². The highest BCUT2D eigenvalue weighted by Crippen LogP contribution is 2.38. The minimum absolute atomic E-state index is 0.0499. The molecule has 1 aliphatic carbocycles. The monoisotopic (exact) mass is 418 g/mol. The maximum Gasteiger partial charge on any atom is 0.243 e. The zero-order valence-electron chi connectivity index (χ0n) is 16.5. The number of amides is 1. The van der Waals surface area contributed by atoms with E-state index in [4.69, 9.17) is 4.52 Å². The van der Waals surface area contributed by atoms with E-state index in [2.05, 4.69) is 15.5 Å². The molecule has 1 N–H and O–H groups in total. The molecule has 1 aromatic carbocycles. The maximum atomic E-state index is 13.0. The number of rotatable bonds is 5. The van der Waals surface area contributed by atoms with Crippen LogP contribution in [0.2, 0.25) is 0 Å². The van der Waals surface area contributed by atoms with Crippen molar-refractivity contribution in [1.29, 1.82) is 0 Å². The third-order valence-corrected chi connectivity index (χ3v) is 7.89. The molecule has 0 radical (unpaired) electrons. The van der Waals surface area contributed by atoms with E-state index in [0.29, 0.717) is 42.5 Å². The molecule has 1 saturated carbocycles. The lowest BCUT2D eigenvalue weighted by Gasteiger charge is -2.33. The van der Waals surface area contributed by atoms with E-state index in [-0.39, 0.29) is 11.8 Å². The summed E-state index contributed by atoms with van der Waals surface area (Å²) < 4.78 is 32.2. The number of carbonyl (C=O) groups excluding carboxylic acids is 1. The molecule has 9 heteroatoms. The Hall–Kier alpha value is -2.26. The van der Waals surface area contributed by atoms with Crippen LogP contribution >= 0.6 is 0 Å². The quantitative estimate of drug-likeness (QED) is 0.799. The summed E-state index contributed by atoms with van der Waals surface area (Å²) in [5, 5.41) is 7.24. The number of benzene rings is 1. The molecule has 1 amide bonds. The second-order valence-corrected chi connectivity index (χ2v) is 9.84. The van der Waals surface area contributed by atoms with Crippen LogP contribution in [0.4, 0.5) is 0 Å². The SMILES string of the molecule is Cc1nc(C2(NC(=O)C3CCN(S(=O)(=O)c4ccccc4)CC3)CCCC2)no1. The lowest BCUT2D eigenvalue weighted by molar-refractivity contribution is -0.128. The lowest BCUT2D eigenvalue weighted by atomic mass is 9.92. The zero-order chi connectivity index (χ0) is 20.5. The van der Waals surface area contributed by atoms with Gasteiger partial charge >= 0.3 is 0 Å². The number of sulfonamides is 1. The Morgan fingerprint density at radius 2 is 1.83 bits per heavy atom. The predicted octanol–water partition coefficient (Wildman–Crippen LogP) is 2.36. The van der Waals surface area contributed by atoms with Crippen LogP contribution in [0.15, 0.2) is 39.8 Å². The second kappa shape index (κ2) is 7.87. The molecule has 1 aromatic heterocycles. The Balaban J connectivity index is 1.41. The smallest absolute Gasteiger partial charge is 0.243 e. The van der Waals surface area contributed by atoms with Gasteiger partial charge in [0.15, 0.2) is 5.82 Å². The van der Waals surface area contributed by atoms with E-state index in [1.54, 1.807) is 37.3 Å². The van der Waals surface area contributed by atoms with Gasteiger partial charge in [-0.3, -0.25) is 4.79 Å². The van der Waals surface area contributed by atoms with Gasteiger partial charge in [-0.15, -0.1) is 0 Å². The first-order chi connectivity index (χ1) is 13.9. The largest absolute Gasteiger partial charge is 0.343 e. The molecule has 0 bridgehead atoms. The minimum Gasteiger partial charge on any atom is -0.343 e. The molecule has 2 aliphatic rings. The van der Waals surface area contributed by atoms with Crippen LogP contribution in [0, 0.1) is 12.8 Å². The molecule has 2 fully saturated rings. The predicted molar refractivity (Wildman–Crippen MR) is 105 cm³/mol. The number of hydrogen-bond acceptors (Lipinski definition) is 6. The highest BCUT2D eigenvalue weighted by molar-refractivity contribution is 7.89. The Bertz CT molecular complexity index is 959. The Morgan fingerprint density at radius 1 is 1.17 bits per heavy atom. The molecule has 1 saturated heterocycles. The van der Waals surface area contributed by atoms with Gasteiger partial charge in [-0.1, -0.05) is 36.2 Å². The second-order valence-electron chi connectivity index (χ2n) is 7.91. The standard InChI is InChI=1S/C20H26N4O4S/c1-15-21-19(23-28-15)20(11-5-6-12-20)22-18(25)16-9-13-24(14-10-16)29(26,27)17-7-3-2-4-8-17/h2-4,7-8,16H,5-6,9-14H2,1H3,(H,22,25). The normalized spacial score (nSPS) is 20.6. The third-order valence-electron chi connectivity index (χ3n) is 5.98. The van der Waals surface area contributed by atoms with Gasteiger partial charge < -0.3 is 9.84 Å². The number of nitrogens with one attached hydrogen (secondary N) is 1. The van der Waals surface area contributed by atoms with Crippen LogP contribution in [0.25, 0.3) is 0 Å². The zero-order valence-corrected chi connectivity index (χ0v) is 17.3. The van der Waals surface area contributed by atoms with Crippen molar-refractivity contribution in [2.24, 2.45) is 5.92 Å². The fraction of sp³-hybridized carbons (Fsp3) is 0.550. The Morgan fingerprint density at radius 3 is 2.41 bits per heavy atom. The van der Waals surface area contributed by atoms with Crippen molar-refractivity contribution in [3.05, 3.63) is 42.0 Å². The fourth-order valence-electron chi connectivity index (χ4n) is 4.31. The molecule has 8 nitrogen and oxygen atoms in total. The van der Waals surface area contributed by atoms with Crippen LogP contribution in [0.3, 0.4) is 0 Å². The molecule has 1 aliphatic heterocycles. The van der Waals surface area contributed by atoms with Gasteiger partial charge in [-0.25, -0.2) is 8.42 Å². The van der Waals surface area contributed by atoms with E-state index >= 15 is 0 Å². The number of aryl methyl sites for hydroxylation is 1. The summed E-state index contributed by atoms with van der Waals surface area (Å²) in [7, 11) is -3.52. The number of aromatic nitrogens is 2. The van der Waals surface area contributed by atoms with E-state index in [1.807, 2.05) is 0 Å². The van der Waals surface area contributed by atoms with E-state index in [1.165, 1.54) is 4.31 Å². The first-order valence-corrected chi connectivity index (χ1v) is 11.5. The topological polar surface area (TPSA) is 105 Å². The molecule has 156 valence electrons. The minimum atomic E-state index is -3.52. The van der Waals surface area contributed by atoms with Crippen molar-refractivity contribution in [2.45, 2.75) is 55.9 Å². The van der Waals surface area contributed by atoms with Gasteiger partial charge in [-0.05, 0) is 37.8 Å². The highest BCUT2D eigenvalue weighted by atomic mass is 32.2.